The van der Waals surface area contributed by atoms with Gasteiger partial charge in [0, 0.05) is 6.07 Å². The van der Waals surface area contributed by atoms with Crippen LogP contribution in [0.25, 0.3) is 10.6 Å². The zero-order chi connectivity index (χ0) is 16.9. The molecule has 0 atom stereocenters. The Labute approximate surface area is 139 Å². The van der Waals surface area contributed by atoms with Gasteiger partial charge in [-0.15, -0.1) is 11.3 Å². The molecule has 3 rings (SSSR count). The Kier molecular flexibility index (Phi) is 4.85. The van der Waals surface area contributed by atoms with E-state index in [4.69, 9.17) is 9.26 Å². The van der Waals surface area contributed by atoms with Crippen LogP contribution in [0.2, 0.25) is 0 Å². The van der Waals surface area contributed by atoms with Crippen molar-refractivity contribution in [1.29, 1.82) is 0 Å². The molecule has 1 aromatic carbocycles. The fraction of sp³-hybridized carbons (Fsp3) is 0.125. The molecule has 0 amide bonds. The molecule has 24 heavy (non-hydrogen) atoms. The summed E-state index contributed by atoms with van der Waals surface area (Å²) in [5.74, 6) is -0.0255. The lowest BCUT2D eigenvalue weighted by Crippen LogP contribution is -2.06. The van der Waals surface area contributed by atoms with Crippen molar-refractivity contribution in [1.82, 2.24) is 5.16 Å². The minimum atomic E-state index is -2.91. The van der Waals surface area contributed by atoms with Crippen LogP contribution in [0.1, 0.15) is 16.1 Å². The summed E-state index contributed by atoms with van der Waals surface area (Å²) < 4.78 is 38.6. The summed E-state index contributed by atoms with van der Waals surface area (Å²) in [6, 6.07) is 10.7. The molecule has 0 bridgehead atoms. The molecule has 0 aliphatic carbocycles. The summed E-state index contributed by atoms with van der Waals surface area (Å²) in [7, 11) is 0. The molecule has 2 heterocycles. The Morgan fingerprint density at radius 3 is 2.71 bits per heavy atom. The fourth-order valence-electron chi connectivity index (χ4n) is 1.91. The van der Waals surface area contributed by atoms with E-state index in [1.165, 1.54) is 35.6 Å². The third kappa shape index (κ3) is 3.96. The van der Waals surface area contributed by atoms with Gasteiger partial charge in [0.1, 0.15) is 18.1 Å². The van der Waals surface area contributed by atoms with E-state index in [1.807, 2.05) is 17.5 Å². The predicted molar refractivity (Wildman–Crippen MR) is 82.0 cm³/mol. The van der Waals surface area contributed by atoms with Crippen LogP contribution in [0, 0.1) is 0 Å². The summed E-state index contributed by atoms with van der Waals surface area (Å²) in [5.41, 5.74) is 0.697. The topological polar surface area (TPSA) is 61.6 Å². The molecule has 0 N–H and O–H groups in total. The van der Waals surface area contributed by atoms with Crippen molar-refractivity contribution >= 4 is 17.3 Å². The first-order valence-electron chi connectivity index (χ1n) is 6.83. The van der Waals surface area contributed by atoms with Crippen LogP contribution in [0.15, 0.2) is 52.4 Å². The van der Waals surface area contributed by atoms with E-state index in [-0.39, 0.29) is 17.9 Å². The maximum Gasteiger partial charge on any atom is 0.387 e. The van der Waals surface area contributed by atoms with Gasteiger partial charge in [-0.05, 0) is 35.7 Å². The third-order valence-electron chi connectivity index (χ3n) is 2.99. The lowest BCUT2D eigenvalue weighted by molar-refractivity contribution is -0.0498. The normalized spacial score (nSPS) is 10.8. The summed E-state index contributed by atoms with van der Waals surface area (Å²) in [4.78, 5) is 12.8. The highest BCUT2D eigenvalue weighted by atomic mass is 32.1. The first-order chi connectivity index (χ1) is 11.6. The van der Waals surface area contributed by atoms with E-state index in [9.17, 15) is 13.6 Å². The summed E-state index contributed by atoms with van der Waals surface area (Å²) in [6.07, 6.45) is 0. The molecular weight excluding hydrogens is 340 g/mol. The number of aromatic nitrogens is 1. The van der Waals surface area contributed by atoms with Gasteiger partial charge in [-0.3, -0.25) is 0 Å². The van der Waals surface area contributed by atoms with Crippen molar-refractivity contribution in [3.63, 3.8) is 0 Å². The van der Waals surface area contributed by atoms with Crippen LogP contribution >= 0.6 is 11.3 Å². The lowest BCUT2D eigenvalue weighted by Gasteiger charge is -2.05. The highest BCUT2D eigenvalue weighted by molar-refractivity contribution is 7.13. The molecule has 0 saturated heterocycles. The Morgan fingerprint density at radius 1 is 1.25 bits per heavy atom. The second kappa shape index (κ2) is 7.22. The van der Waals surface area contributed by atoms with Crippen LogP contribution in [0.3, 0.4) is 0 Å². The first-order valence-corrected chi connectivity index (χ1v) is 7.71. The highest BCUT2D eigenvalue weighted by Crippen LogP contribution is 2.25. The van der Waals surface area contributed by atoms with Gasteiger partial charge in [0.05, 0.1) is 10.4 Å². The molecule has 2 aromatic heterocycles. The van der Waals surface area contributed by atoms with Gasteiger partial charge in [-0.25, -0.2) is 4.79 Å². The van der Waals surface area contributed by atoms with Crippen molar-refractivity contribution in [3.8, 4) is 16.4 Å². The first kappa shape index (κ1) is 16.1. The number of benzene rings is 1. The van der Waals surface area contributed by atoms with E-state index in [1.54, 1.807) is 6.07 Å². The van der Waals surface area contributed by atoms with Gasteiger partial charge in [-0.1, -0.05) is 11.2 Å². The second-order valence-electron chi connectivity index (χ2n) is 4.64. The average molecular weight is 351 g/mol. The van der Waals surface area contributed by atoms with E-state index < -0.39 is 12.6 Å². The second-order valence-corrected chi connectivity index (χ2v) is 5.59. The molecule has 0 aliphatic rings. The number of esters is 1. The molecule has 0 fully saturated rings. The zero-order valence-electron chi connectivity index (χ0n) is 12.1. The summed E-state index contributed by atoms with van der Waals surface area (Å²) >= 11 is 1.51. The van der Waals surface area contributed by atoms with E-state index in [0.717, 1.165) is 4.88 Å². The standard InChI is InChI=1S/C16H11F2NO4S/c17-16(18)22-12-5-3-10(4-6-12)15(20)21-9-11-8-13(23-19-11)14-2-1-7-24-14/h1-8,16H,9H2. The van der Waals surface area contributed by atoms with Gasteiger partial charge in [-0.2, -0.15) is 8.78 Å². The van der Waals surface area contributed by atoms with Gasteiger partial charge in [0.2, 0.25) is 0 Å². The number of hydrogen-bond acceptors (Lipinski definition) is 6. The number of nitrogens with zero attached hydrogens (tertiary/aromatic N) is 1. The largest absolute Gasteiger partial charge is 0.455 e. The van der Waals surface area contributed by atoms with Crippen LogP contribution in [-0.2, 0) is 11.3 Å². The summed E-state index contributed by atoms with van der Waals surface area (Å²) in [6.45, 7) is -2.96. The molecule has 0 aliphatic heterocycles. The van der Waals surface area contributed by atoms with Crippen LogP contribution in [0.5, 0.6) is 5.75 Å². The van der Waals surface area contributed by atoms with Gasteiger partial charge in [0.25, 0.3) is 0 Å². The molecule has 0 radical (unpaired) electrons. The molecule has 3 aromatic rings. The molecule has 0 spiro atoms. The number of hydrogen-bond donors (Lipinski definition) is 0. The maximum absolute atomic E-state index is 12.1. The Balaban J connectivity index is 1.57. The van der Waals surface area contributed by atoms with E-state index >= 15 is 0 Å². The number of carbonyl (C=O) groups excluding carboxylic acids is 1. The molecule has 0 unspecified atom stereocenters. The lowest BCUT2D eigenvalue weighted by atomic mass is 10.2. The van der Waals surface area contributed by atoms with Crippen molar-refractivity contribution in [2.75, 3.05) is 0 Å². The zero-order valence-corrected chi connectivity index (χ0v) is 13.0. The molecular formula is C16H11F2NO4S. The summed E-state index contributed by atoms with van der Waals surface area (Å²) in [5, 5.41) is 5.75. The predicted octanol–water partition coefficient (Wildman–Crippen LogP) is 4.36. The Bertz CT molecular complexity index is 800. The van der Waals surface area contributed by atoms with Gasteiger partial charge >= 0.3 is 12.6 Å². The number of thiophene rings is 1. The highest BCUT2D eigenvalue weighted by Gasteiger charge is 2.12. The number of rotatable bonds is 6. The van der Waals surface area contributed by atoms with Crippen LogP contribution in [0.4, 0.5) is 8.78 Å². The third-order valence-corrected chi connectivity index (χ3v) is 3.87. The quantitative estimate of drug-likeness (QED) is 0.618. The Morgan fingerprint density at radius 2 is 2.04 bits per heavy atom. The van der Waals surface area contributed by atoms with E-state index in [2.05, 4.69) is 9.89 Å². The molecule has 8 heteroatoms. The van der Waals surface area contributed by atoms with Crippen molar-refractivity contribution in [3.05, 3.63) is 59.1 Å². The van der Waals surface area contributed by atoms with Crippen molar-refractivity contribution in [2.45, 2.75) is 13.2 Å². The van der Waals surface area contributed by atoms with Crippen LogP contribution < -0.4 is 4.74 Å². The smallest absolute Gasteiger partial charge is 0.387 e. The molecule has 5 nitrogen and oxygen atoms in total. The minimum Gasteiger partial charge on any atom is -0.455 e. The fourth-order valence-corrected chi connectivity index (χ4v) is 2.58. The minimum absolute atomic E-state index is 0.0290. The SMILES string of the molecule is O=C(OCc1cc(-c2cccs2)on1)c1ccc(OC(F)F)cc1. The Hall–Kier alpha value is -2.74. The molecule has 0 saturated carbocycles. The van der Waals surface area contributed by atoms with Gasteiger partial charge < -0.3 is 14.0 Å². The average Bonchev–Trinajstić information content (AvgIpc) is 3.24. The number of halogens is 2. The number of ether oxygens (including phenoxy) is 2. The maximum atomic E-state index is 12.1. The van der Waals surface area contributed by atoms with E-state index in [0.29, 0.717) is 11.5 Å². The number of alkyl halides is 2. The van der Waals surface area contributed by atoms with Gasteiger partial charge in [0.15, 0.2) is 5.76 Å². The van der Waals surface area contributed by atoms with Crippen molar-refractivity contribution in [2.24, 2.45) is 0 Å². The van der Waals surface area contributed by atoms with Crippen LogP contribution in [-0.4, -0.2) is 17.7 Å². The molecule has 124 valence electrons. The number of carbonyl (C=O) groups is 1. The van der Waals surface area contributed by atoms with Crippen molar-refractivity contribution < 1.29 is 27.6 Å². The monoisotopic (exact) mass is 351 g/mol.